The summed E-state index contributed by atoms with van der Waals surface area (Å²) in [5, 5.41) is 0.696. The Morgan fingerprint density at radius 1 is 1.45 bits per heavy atom. The van der Waals surface area contributed by atoms with Crippen LogP contribution in [-0.2, 0) is 0 Å². The topological polar surface area (TPSA) is 9.23 Å². The summed E-state index contributed by atoms with van der Waals surface area (Å²) in [5.41, 5.74) is 0. The molecule has 3 heteroatoms. The first kappa shape index (κ1) is 8.75. The lowest BCUT2D eigenvalue weighted by atomic mass is 10.3. The lowest BCUT2D eigenvalue weighted by Crippen LogP contribution is -1.97. The minimum absolute atomic E-state index is 0.615. The first-order chi connectivity index (χ1) is 5.33. The van der Waals surface area contributed by atoms with Gasteiger partial charge in [-0.2, -0.15) is 12.6 Å². The number of ether oxygens (including phenoxy) is 1. The molecule has 0 unspecified atom stereocenters. The molecule has 0 atom stereocenters. The smallest absolute Gasteiger partial charge is 0.120 e. The highest BCUT2D eigenvalue weighted by molar-refractivity contribution is 7.80. The highest BCUT2D eigenvalue weighted by Crippen LogP contribution is 2.16. The molecule has 0 saturated heterocycles. The van der Waals surface area contributed by atoms with E-state index in [2.05, 4.69) is 12.6 Å². The van der Waals surface area contributed by atoms with Crippen LogP contribution < -0.4 is 4.74 Å². The van der Waals surface area contributed by atoms with Crippen LogP contribution in [0, 0.1) is 0 Å². The first-order valence-corrected chi connectivity index (χ1v) is 4.33. The molecule has 0 aromatic heterocycles. The fourth-order valence-electron chi connectivity index (χ4n) is 0.720. The number of thiol groups is 1. The molecular formula is C8H9ClOS. The lowest BCUT2D eigenvalue weighted by molar-refractivity contribution is 0.344. The van der Waals surface area contributed by atoms with Crippen LogP contribution in [0.4, 0.5) is 0 Å². The van der Waals surface area contributed by atoms with Crippen LogP contribution in [-0.4, -0.2) is 12.4 Å². The van der Waals surface area contributed by atoms with E-state index in [0.29, 0.717) is 17.4 Å². The van der Waals surface area contributed by atoms with Gasteiger partial charge in [-0.15, -0.1) is 0 Å². The van der Waals surface area contributed by atoms with Gasteiger partial charge in [0.25, 0.3) is 0 Å². The van der Waals surface area contributed by atoms with E-state index in [1.165, 1.54) is 0 Å². The van der Waals surface area contributed by atoms with E-state index in [1.54, 1.807) is 6.07 Å². The van der Waals surface area contributed by atoms with Crippen molar-refractivity contribution in [2.24, 2.45) is 0 Å². The summed E-state index contributed by atoms with van der Waals surface area (Å²) in [6.45, 7) is 0.615. The van der Waals surface area contributed by atoms with Crippen LogP contribution in [0.3, 0.4) is 0 Å². The molecule has 0 aliphatic rings. The van der Waals surface area contributed by atoms with Crippen LogP contribution in [0.2, 0.25) is 5.02 Å². The zero-order chi connectivity index (χ0) is 8.10. The lowest BCUT2D eigenvalue weighted by Gasteiger charge is -2.02. The Bertz CT molecular complexity index is 227. The van der Waals surface area contributed by atoms with E-state index >= 15 is 0 Å². The Morgan fingerprint density at radius 3 is 2.91 bits per heavy atom. The molecule has 1 aromatic carbocycles. The van der Waals surface area contributed by atoms with Crippen LogP contribution in [0.5, 0.6) is 5.75 Å². The number of hydrogen-bond donors (Lipinski definition) is 1. The molecule has 0 N–H and O–H groups in total. The molecule has 0 radical (unpaired) electrons. The van der Waals surface area contributed by atoms with Gasteiger partial charge in [0.15, 0.2) is 0 Å². The second kappa shape index (κ2) is 4.52. The van der Waals surface area contributed by atoms with Crippen molar-refractivity contribution in [3.05, 3.63) is 29.3 Å². The quantitative estimate of drug-likeness (QED) is 0.718. The molecule has 11 heavy (non-hydrogen) atoms. The highest BCUT2D eigenvalue weighted by Gasteiger charge is 1.92. The maximum absolute atomic E-state index is 5.72. The number of halogens is 1. The van der Waals surface area contributed by atoms with Gasteiger partial charge in [0.1, 0.15) is 5.75 Å². The van der Waals surface area contributed by atoms with Gasteiger partial charge in [-0.1, -0.05) is 17.7 Å². The van der Waals surface area contributed by atoms with Crippen molar-refractivity contribution in [1.29, 1.82) is 0 Å². The fraction of sp³-hybridized carbons (Fsp3) is 0.250. The molecular weight excluding hydrogens is 180 g/mol. The van der Waals surface area contributed by atoms with Crippen molar-refractivity contribution in [3.8, 4) is 5.75 Å². The zero-order valence-corrected chi connectivity index (χ0v) is 7.61. The van der Waals surface area contributed by atoms with Gasteiger partial charge in [-0.05, 0) is 18.2 Å². The Kier molecular flexibility index (Phi) is 3.60. The van der Waals surface area contributed by atoms with Crippen LogP contribution in [0.25, 0.3) is 0 Å². The van der Waals surface area contributed by atoms with Crippen molar-refractivity contribution >= 4 is 24.2 Å². The third kappa shape index (κ3) is 3.04. The molecule has 0 spiro atoms. The average Bonchev–Trinajstić information content (AvgIpc) is 2.01. The van der Waals surface area contributed by atoms with Gasteiger partial charge in [0.2, 0.25) is 0 Å². The van der Waals surface area contributed by atoms with Gasteiger partial charge < -0.3 is 4.74 Å². The Hall–Kier alpha value is -0.340. The Morgan fingerprint density at radius 2 is 2.27 bits per heavy atom. The maximum atomic E-state index is 5.72. The highest BCUT2D eigenvalue weighted by atomic mass is 35.5. The van der Waals surface area contributed by atoms with Crippen LogP contribution >= 0.6 is 24.2 Å². The number of hydrogen-bond acceptors (Lipinski definition) is 2. The molecule has 0 saturated carbocycles. The summed E-state index contributed by atoms with van der Waals surface area (Å²) in [6, 6.07) is 7.33. The summed E-state index contributed by atoms with van der Waals surface area (Å²) in [7, 11) is 0. The van der Waals surface area contributed by atoms with Crippen LogP contribution in [0.1, 0.15) is 0 Å². The van der Waals surface area contributed by atoms with E-state index in [1.807, 2.05) is 18.2 Å². The third-order valence-corrected chi connectivity index (χ3v) is 1.57. The van der Waals surface area contributed by atoms with Crippen molar-refractivity contribution in [3.63, 3.8) is 0 Å². The Balaban J connectivity index is 2.56. The van der Waals surface area contributed by atoms with Crippen molar-refractivity contribution in [2.75, 3.05) is 12.4 Å². The second-order valence-corrected chi connectivity index (χ2v) is 2.91. The molecule has 0 bridgehead atoms. The summed E-state index contributed by atoms with van der Waals surface area (Å²) in [4.78, 5) is 0. The van der Waals surface area contributed by atoms with Gasteiger partial charge in [-0.25, -0.2) is 0 Å². The summed E-state index contributed by atoms with van der Waals surface area (Å²) >= 11 is 9.74. The standard InChI is InChI=1S/C8H9ClOS/c9-7-2-1-3-8(6-7)10-4-5-11/h1-3,6,11H,4-5H2. The van der Waals surface area contributed by atoms with Crippen molar-refractivity contribution in [1.82, 2.24) is 0 Å². The minimum atomic E-state index is 0.615. The zero-order valence-electron chi connectivity index (χ0n) is 5.96. The number of rotatable bonds is 3. The molecule has 1 aromatic rings. The normalized spacial score (nSPS) is 9.64. The maximum Gasteiger partial charge on any atom is 0.120 e. The molecule has 1 nitrogen and oxygen atoms in total. The molecule has 0 heterocycles. The average molecular weight is 189 g/mol. The summed E-state index contributed by atoms with van der Waals surface area (Å²) < 4.78 is 5.28. The largest absolute Gasteiger partial charge is 0.493 e. The van der Waals surface area contributed by atoms with Gasteiger partial charge in [-0.3, -0.25) is 0 Å². The predicted octanol–water partition coefficient (Wildman–Crippen LogP) is 2.65. The van der Waals surface area contributed by atoms with E-state index in [9.17, 15) is 0 Å². The van der Waals surface area contributed by atoms with E-state index in [4.69, 9.17) is 16.3 Å². The summed E-state index contributed by atoms with van der Waals surface area (Å²) in [6.07, 6.45) is 0. The van der Waals surface area contributed by atoms with E-state index in [-0.39, 0.29) is 0 Å². The SMILES string of the molecule is SCCOc1cccc(Cl)c1. The van der Waals surface area contributed by atoms with Crippen molar-refractivity contribution < 1.29 is 4.74 Å². The first-order valence-electron chi connectivity index (χ1n) is 3.32. The molecule has 0 amide bonds. The summed E-state index contributed by atoms with van der Waals surface area (Å²) in [5.74, 6) is 1.51. The number of benzene rings is 1. The minimum Gasteiger partial charge on any atom is -0.493 e. The molecule has 0 aliphatic carbocycles. The van der Waals surface area contributed by atoms with E-state index in [0.717, 1.165) is 5.75 Å². The molecule has 60 valence electrons. The van der Waals surface area contributed by atoms with Gasteiger partial charge in [0.05, 0.1) is 6.61 Å². The molecule has 1 rings (SSSR count). The van der Waals surface area contributed by atoms with Crippen LogP contribution in [0.15, 0.2) is 24.3 Å². The Labute approximate surface area is 76.7 Å². The second-order valence-electron chi connectivity index (χ2n) is 2.03. The predicted molar refractivity (Wildman–Crippen MR) is 50.8 cm³/mol. The molecule has 0 aliphatic heterocycles. The third-order valence-electron chi connectivity index (χ3n) is 1.16. The monoisotopic (exact) mass is 188 g/mol. The fourth-order valence-corrected chi connectivity index (χ4v) is 0.992. The van der Waals surface area contributed by atoms with Gasteiger partial charge >= 0.3 is 0 Å². The van der Waals surface area contributed by atoms with Gasteiger partial charge in [0, 0.05) is 10.8 Å². The molecule has 0 fully saturated rings. The van der Waals surface area contributed by atoms with E-state index < -0.39 is 0 Å². The van der Waals surface area contributed by atoms with Crippen molar-refractivity contribution in [2.45, 2.75) is 0 Å².